The smallest absolute Gasteiger partial charge is 0.253 e. The van der Waals surface area contributed by atoms with Crippen molar-refractivity contribution in [3.63, 3.8) is 0 Å². The molecular weight excluding hydrogens is 370 g/mol. The minimum Gasteiger partial charge on any atom is -0.338 e. The molecule has 2 aromatic heterocycles. The van der Waals surface area contributed by atoms with Crippen molar-refractivity contribution in [3.8, 4) is 0 Å². The number of rotatable bonds is 5. The Balaban J connectivity index is 1.47. The number of carbonyl (C=O) groups is 1. The van der Waals surface area contributed by atoms with Crippen LogP contribution in [-0.2, 0) is 6.42 Å². The van der Waals surface area contributed by atoms with Crippen molar-refractivity contribution in [1.82, 2.24) is 20.1 Å². The zero-order valence-electron chi connectivity index (χ0n) is 15.8. The summed E-state index contributed by atoms with van der Waals surface area (Å²) in [5.41, 5.74) is 1.75. The van der Waals surface area contributed by atoms with Crippen molar-refractivity contribution in [1.29, 1.82) is 0 Å². The molecule has 1 saturated heterocycles. The number of anilines is 2. The van der Waals surface area contributed by atoms with Gasteiger partial charge in [0.05, 0.1) is 0 Å². The van der Waals surface area contributed by atoms with Crippen LogP contribution in [0.1, 0.15) is 46.7 Å². The predicted octanol–water partition coefficient (Wildman–Crippen LogP) is 4.26. The third kappa shape index (κ3) is 4.20. The molecule has 1 atom stereocenters. The largest absolute Gasteiger partial charge is 0.338 e. The van der Waals surface area contributed by atoms with Gasteiger partial charge >= 0.3 is 0 Å². The molecule has 7 heteroatoms. The van der Waals surface area contributed by atoms with Gasteiger partial charge in [0.15, 0.2) is 0 Å². The fourth-order valence-corrected chi connectivity index (χ4v) is 4.16. The van der Waals surface area contributed by atoms with E-state index in [9.17, 15) is 4.79 Å². The van der Waals surface area contributed by atoms with Crippen LogP contribution in [0.4, 0.5) is 10.9 Å². The number of benzene rings is 1. The summed E-state index contributed by atoms with van der Waals surface area (Å²) in [6.07, 6.45) is 2.90. The normalized spacial score (nSPS) is 16.8. The van der Waals surface area contributed by atoms with E-state index in [-0.39, 0.29) is 11.8 Å². The summed E-state index contributed by atoms with van der Waals surface area (Å²) in [5.74, 6) is 1.10. The van der Waals surface area contributed by atoms with Crippen LogP contribution in [0.5, 0.6) is 0 Å². The lowest BCUT2D eigenvalue weighted by Gasteiger charge is -2.32. The average molecular weight is 394 g/mol. The van der Waals surface area contributed by atoms with Crippen molar-refractivity contribution in [2.75, 3.05) is 18.4 Å². The lowest BCUT2D eigenvalue weighted by molar-refractivity contribution is 0.0706. The molecule has 0 bridgehead atoms. The number of aromatic nitrogens is 3. The van der Waals surface area contributed by atoms with E-state index in [2.05, 4.69) is 22.4 Å². The monoisotopic (exact) mass is 393 g/mol. The van der Waals surface area contributed by atoms with E-state index in [1.807, 2.05) is 53.4 Å². The molecular formula is C21H23N5OS. The maximum Gasteiger partial charge on any atom is 0.253 e. The second kappa shape index (κ2) is 8.48. The highest BCUT2D eigenvalue weighted by atomic mass is 32.1. The number of hydrogen-bond donors (Lipinski definition) is 1. The highest BCUT2D eigenvalue weighted by Gasteiger charge is 2.26. The molecule has 6 nitrogen and oxygen atoms in total. The van der Waals surface area contributed by atoms with Crippen molar-refractivity contribution in [2.24, 2.45) is 0 Å². The van der Waals surface area contributed by atoms with Gasteiger partial charge in [-0.25, -0.2) is 4.98 Å². The highest BCUT2D eigenvalue weighted by molar-refractivity contribution is 7.15. The van der Waals surface area contributed by atoms with Gasteiger partial charge in [-0.3, -0.25) is 4.79 Å². The third-order valence-electron chi connectivity index (χ3n) is 4.92. The Morgan fingerprint density at radius 3 is 2.82 bits per heavy atom. The van der Waals surface area contributed by atoms with Crippen LogP contribution in [-0.4, -0.2) is 39.1 Å². The fraction of sp³-hybridized carbons (Fsp3) is 0.333. The SMILES string of the molecule is CCc1nnc(Nc2cccc([C@@H]3CCCN(C(=O)c4ccccc4)C3)n2)s1. The molecule has 1 aliphatic heterocycles. The Bertz CT molecular complexity index is 943. The first-order chi connectivity index (χ1) is 13.7. The molecule has 1 amide bonds. The minimum absolute atomic E-state index is 0.0977. The van der Waals surface area contributed by atoms with Crippen LogP contribution in [0.15, 0.2) is 48.5 Å². The van der Waals surface area contributed by atoms with Crippen LogP contribution in [0.25, 0.3) is 0 Å². The van der Waals surface area contributed by atoms with E-state index in [0.29, 0.717) is 6.54 Å². The standard InChI is InChI=1S/C21H23N5OS/c1-2-19-24-25-21(28-19)23-18-12-6-11-17(22-18)16-10-7-13-26(14-16)20(27)15-8-4-3-5-9-15/h3-6,8-9,11-12,16H,2,7,10,13-14H2,1H3,(H,22,23,25)/t16-/m1/s1. The third-order valence-corrected chi connectivity index (χ3v) is 5.91. The maximum atomic E-state index is 12.8. The van der Waals surface area contributed by atoms with E-state index < -0.39 is 0 Å². The Kier molecular flexibility index (Phi) is 5.62. The van der Waals surface area contributed by atoms with Crippen LogP contribution in [0.2, 0.25) is 0 Å². The molecule has 1 N–H and O–H groups in total. The summed E-state index contributed by atoms with van der Waals surface area (Å²) in [5, 5.41) is 13.3. The van der Waals surface area contributed by atoms with Gasteiger partial charge in [-0.1, -0.05) is 42.5 Å². The van der Waals surface area contributed by atoms with Crippen molar-refractivity contribution in [2.45, 2.75) is 32.1 Å². The number of piperidine rings is 1. The molecule has 3 aromatic rings. The van der Waals surface area contributed by atoms with E-state index in [1.165, 1.54) is 0 Å². The quantitative estimate of drug-likeness (QED) is 0.701. The van der Waals surface area contributed by atoms with Crippen LogP contribution < -0.4 is 5.32 Å². The molecule has 0 unspecified atom stereocenters. The van der Waals surface area contributed by atoms with Gasteiger partial charge < -0.3 is 10.2 Å². The topological polar surface area (TPSA) is 71.0 Å². The Morgan fingerprint density at radius 2 is 2.04 bits per heavy atom. The Morgan fingerprint density at radius 1 is 1.18 bits per heavy atom. The van der Waals surface area contributed by atoms with Gasteiger partial charge in [0.25, 0.3) is 5.91 Å². The maximum absolute atomic E-state index is 12.8. The van der Waals surface area contributed by atoms with Crippen LogP contribution in [0, 0.1) is 0 Å². The van der Waals surface area contributed by atoms with E-state index in [0.717, 1.165) is 53.0 Å². The number of nitrogens with one attached hydrogen (secondary N) is 1. The summed E-state index contributed by atoms with van der Waals surface area (Å²) in [6.45, 7) is 3.56. The number of hydrogen-bond acceptors (Lipinski definition) is 6. The lowest BCUT2D eigenvalue weighted by atomic mass is 9.93. The van der Waals surface area contributed by atoms with E-state index >= 15 is 0 Å². The van der Waals surface area contributed by atoms with Gasteiger partial charge in [-0.2, -0.15) is 0 Å². The zero-order chi connectivity index (χ0) is 19.3. The Hall–Kier alpha value is -2.80. The van der Waals surface area contributed by atoms with Gasteiger partial charge in [0.2, 0.25) is 5.13 Å². The van der Waals surface area contributed by atoms with Crippen molar-refractivity contribution < 1.29 is 4.79 Å². The molecule has 0 spiro atoms. The van der Waals surface area contributed by atoms with Crippen LogP contribution in [0.3, 0.4) is 0 Å². The second-order valence-electron chi connectivity index (χ2n) is 6.88. The first-order valence-corrected chi connectivity index (χ1v) is 10.4. The molecule has 28 heavy (non-hydrogen) atoms. The molecule has 4 rings (SSSR count). The Labute approximate surface area is 168 Å². The molecule has 1 fully saturated rings. The lowest BCUT2D eigenvalue weighted by Crippen LogP contribution is -2.39. The van der Waals surface area contributed by atoms with Gasteiger partial charge in [-0.05, 0) is 43.5 Å². The number of nitrogens with zero attached hydrogens (tertiary/aromatic N) is 4. The number of likely N-dealkylation sites (tertiary alicyclic amines) is 1. The van der Waals surface area contributed by atoms with E-state index in [4.69, 9.17) is 4.98 Å². The van der Waals surface area contributed by atoms with E-state index in [1.54, 1.807) is 11.3 Å². The number of aryl methyl sites for hydroxylation is 1. The summed E-state index contributed by atoms with van der Waals surface area (Å²) >= 11 is 1.54. The number of carbonyl (C=O) groups excluding carboxylic acids is 1. The molecule has 0 aliphatic carbocycles. The summed E-state index contributed by atoms with van der Waals surface area (Å²) in [4.78, 5) is 19.5. The summed E-state index contributed by atoms with van der Waals surface area (Å²) in [6, 6.07) is 15.5. The summed E-state index contributed by atoms with van der Waals surface area (Å²) in [7, 11) is 0. The zero-order valence-corrected chi connectivity index (χ0v) is 16.7. The average Bonchev–Trinajstić information content (AvgIpc) is 3.21. The molecule has 144 valence electrons. The van der Waals surface area contributed by atoms with Gasteiger partial charge in [-0.15, -0.1) is 10.2 Å². The molecule has 0 saturated carbocycles. The van der Waals surface area contributed by atoms with Crippen LogP contribution >= 0.6 is 11.3 Å². The van der Waals surface area contributed by atoms with Gasteiger partial charge in [0, 0.05) is 30.3 Å². The molecule has 1 aromatic carbocycles. The minimum atomic E-state index is 0.0977. The first-order valence-electron chi connectivity index (χ1n) is 9.63. The highest BCUT2D eigenvalue weighted by Crippen LogP contribution is 2.28. The van der Waals surface area contributed by atoms with Gasteiger partial charge in [0.1, 0.15) is 10.8 Å². The molecule has 1 aliphatic rings. The predicted molar refractivity (Wildman–Crippen MR) is 111 cm³/mol. The first kappa shape index (κ1) is 18.6. The summed E-state index contributed by atoms with van der Waals surface area (Å²) < 4.78 is 0. The molecule has 3 heterocycles. The number of amides is 1. The fourth-order valence-electron chi connectivity index (χ4n) is 3.47. The van der Waals surface area contributed by atoms with Crippen molar-refractivity contribution in [3.05, 3.63) is 64.8 Å². The molecule has 0 radical (unpaired) electrons. The van der Waals surface area contributed by atoms with Crippen molar-refractivity contribution >= 4 is 28.2 Å². The second-order valence-corrected chi connectivity index (χ2v) is 7.95. The number of pyridine rings is 1.